The summed E-state index contributed by atoms with van der Waals surface area (Å²) in [6.07, 6.45) is 13.8. The summed E-state index contributed by atoms with van der Waals surface area (Å²) in [6, 6.07) is 0. The van der Waals surface area contributed by atoms with Crippen molar-refractivity contribution in [3.8, 4) is 0 Å². The van der Waals surface area contributed by atoms with E-state index in [2.05, 4.69) is 7.85 Å². The van der Waals surface area contributed by atoms with Gasteiger partial charge in [0.15, 0.2) is 0 Å². The Hall–Kier alpha value is 0.0649. The molecule has 0 aromatic rings. The van der Waals surface area contributed by atoms with Crippen LogP contribution in [-0.2, 0) is 0 Å². The van der Waals surface area contributed by atoms with E-state index in [-0.39, 0.29) is 0 Å². The van der Waals surface area contributed by atoms with Gasteiger partial charge < -0.3 is 0 Å². The van der Waals surface area contributed by atoms with Crippen molar-refractivity contribution in [2.24, 2.45) is 5.41 Å². The van der Waals surface area contributed by atoms with Crippen LogP contribution in [0.25, 0.3) is 0 Å². The van der Waals surface area contributed by atoms with Gasteiger partial charge in [-0.2, -0.15) is 0 Å². The van der Waals surface area contributed by atoms with Crippen LogP contribution in [0.1, 0.15) is 57.8 Å². The molecular formula is C11H21B. The van der Waals surface area contributed by atoms with Crippen LogP contribution in [0, 0.1) is 5.41 Å². The summed E-state index contributed by atoms with van der Waals surface area (Å²) in [6.45, 7) is 0. The molecule has 0 nitrogen and oxygen atoms in total. The highest BCUT2D eigenvalue weighted by Crippen LogP contribution is 2.50. The predicted molar refractivity (Wildman–Crippen MR) is 56.3 cm³/mol. The second kappa shape index (κ2) is 3.43. The molecule has 2 aliphatic carbocycles. The molecule has 0 heterocycles. The Morgan fingerprint density at radius 3 is 2.25 bits per heavy atom. The van der Waals surface area contributed by atoms with Gasteiger partial charge in [-0.3, -0.25) is 0 Å². The largest absolute Gasteiger partial charge is 0.105 e. The minimum atomic E-state index is 0.829. The summed E-state index contributed by atoms with van der Waals surface area (Å²) in [5.41, 5.74) is 0.829. The number of hydrogen-bond acceptors (Lipinski definition) is 0. The lowest BCUT2D eigenvalue weighted by atomic mass is 9.58. The van der Waals surface area contributed by atoms with E-state index < -0.39 is 0 Å². The second-order valence-corrected chi connectivity index (χ2v) is 5.26. The van der Waals surface area contributed by atoms with Gasteiger partial charge in [0, 0.05) is 0 Å². The average molecular weight is 164 g/mol. The second-order valence-electron chi connectivity index (χ2n) is 5.26. The summed E-state index contributed by atoms with van der Waals surface area (Å²) in [4.78, 5) is 0. The van der Waals surface area contributed by atoms with Crippen molar-refractivity contribution in [3.05, 3.63) is 0 Å². The fourth-order valence-electron chi connectivity index (χ4n) is 3.52. The highest BCUT2D eigenvalue weighted by atomic mass is 14.4. The first-order valence-electron chi connectivity index (χ1n) is 5.81. The SMILES string of the molecule is BC1CCCC2(CCCCC2)C1. The van der Waals surface area contributed by atoms with Gasteiger partial charge >= 0.3 is 0 Å². The van der Waals surface area contributed by atoms with Crippen molar-refractivity contribution in [2.75, 3.05) is 0 Å². The third kappa shape index (κ3) is 1.70. The van der Waals surface area contributed by atoms with Gasteiger partial charge in [-0.1, -0.05) is 44.3 Å². The topological polar surface area (TPSA) is 0 Å². The molecule has 0 aliphatic heterocycles. The molecule has 0 aromatic heterocycles. The first kappa shape index (κ1) is 8.65. The monoisotopic (exact) mass is 164 g/mol. The molecule has 1 heteroatoms. The van der Waals surface area contributed by atoms with Crippen molar-refractivity contribution in [1.29, 1.82) is 0 Å². The summed E-state index contributed by atoms with van der Waals surface area (Å²) < 4.78 is 0. The van der Waals surface area contributed by atoms with E-state index in [4.69, 9.17) is 0 Å². The van der Waals surface area contributed by atoms with E-state index in [1.165, 1.54) is 32.1 Å². The van der Waals surface area contributed by atoms with Crippen molar-refractivity contribution < 1.29 is 0 Å². The Balaban J connectivity index is 1.97. The van der Waals surface area contributed by atoms with Crippen molar-refractivity contribution in [2.45, 2.75) is 63.6 Å². The first-order chi connectivity index (χ1) is 5.81. The zero-order valence-corrected chi connectivity index (χ0v) is 8.44. The molecule has 0 bridgehead atoms. The molecule has 0 N–H and O–H groups in total. The van der Waals surface area contributed by atoms with Gasteiger partial charge in [-0.15, -0.1) is 0 Å². The van der Waals surface area contributed by atoms with Gasteiger partial charge in [0.1, 0.15) is 7.85 Å². The van der Waals surface area contributed by atoms with Crippen LogP contribution in [-0.4, -0.2) is 7.85 Å². The van der Waals surface area contributed by atoms with E-state index in [0.29, 0.717) is 0 Å². The molecule has 0 radical (unpaired) electrons. The molecule has 1 atom stereocenters. The van der Waals surface area contributed by atoms with Crippen LogP contribution in [0.5, 0.6) is 0 Å². The van der Waals surface area contributed by atoms with Crippen LogP contribution in [0.3, 0.4) is 0 Å². The summed E-state index contributed by atoms with van der Waals surface area (Å²) in [7, 11) is 2.45. The molecule has 2 aliphatic rings. The molecule has 68 valence electrons. The van der Waals surface area contributed by atoms with Gasteiger partial charge in [0.05, 0.1) is 0 Å². The predicted octanol–water partition coefficient (Wildman–Crippen LogP) is 2.93. The Kier molecular flexibility index (Phi) is 2.48. The van der Waals surface area contributed by atoms with E-state index in [9.17, 15) is 0 Å². The molecule has 2 fully saturated rings. The van der Waals surface area contributed by atoms with Gasteiger partial charge in [-0.05, 0) is 24.7 Å². The van der Waals surface area contributed by atoms with Gasteiger partial charge in [0.2, 0.25) is 0 Å². The molecule has 2 rings (SSSR count). The lowest BCUT2D eigenvalue weighted by Crippen LogP contribution is -2.29. The fourth-order valence-corrected chi connectivity index (χ4v) is 3.52. The average Bonchev–Trinajstić information content (AvgIpc) is 2.05. The smallest absolute Gasteiger partial charge is 0.0692 e. The van der Waals surface area contributed by atoms with Crippen LogP contribution < -0.4 is 0 Å². The normalized spacial score (nSPS) is 35.2. The number of hydrogen-bond donors (Lipinski definition) is 0. The molecule has 0 aromatic carbocycles. The molecule has 0 saturated heterocycles. The zero-order valence-electron chi connectivity index (χ0n) is 8.44. The van der Waals surface area contributed by atoms with Crippen molar-refractivity contribution in [3.63, 3.8) is 0 Å². The molecular weight excluding hydrogens is 143 g/mol. The highest BCUT2D eigenvalue weighted by molar-refractivity contribution is 6.11. The minimum Gasteiger partial charge on any atom is -0.0692 e. The Morgan fingerprint density at radius 2 is 1.58 bits per heavy atom. The third-order valence-electron chi connectivity index (χ3n) is 4.10. The van der Waals surface area contributed by atoms with E-state index in [0.717, 1.165) is 11.2 Å². The van der Waals surface area contributed by atoms with Crippen molar-refractivity contribution >= 4 is 7.85 Å². The Labute approximate surface area is 77.5 Å². The standard InChI is InChI=1S/C11H21B/c12-10-5-4-8-11(9-10)6-2-1-3-7-11/h10H,1-9,12H2. The van der Waals surface area contributed by atoms with Crippen LogP contribution >= 0.6 is 0 Å². The van der Waals surface area contributed by atoms with E-state index >= 15 is 0 Å². The quantitative estimate of drug-likeness (QED) is 0.483. The maximum absolute atomic E-state index is 2.45. The maximum Gasteiger partial charge on any atom is 0.105 e. The molecule has 2 saturated carbocycles. The van der Waals surface area contributed by atoms with Crippen LogP contribution in [0.2, 0.25) is 5.82 Å². The highest BCUT2D eigenvalue weighted by Gasteiger charge is 2.35. The Morgan fingerprint density at radius 1 is 0.917 bits per heavy atom. The maximum atomic E-state index is 2.45. The molecule has 1 spiro atoms. The van der Waals surface area contributed by atoms with E-state index in [1.807, 2.05) is 0 Å². The third-order valence-corrected chi connectivity index (χ3v) is 4.10. The summed E-state index contributed by atoms with van der Waals surface area (Å²) >= 11 is 0. The Bertz CT molecular complexity index is 142. The van der Waals surface area contributed by atoms with E-state index in [1.54, 1.807) is 25.7 Å². The lowest BCUT2D eigenvalue weighted by Gasteiger charge is -2.43. The van der Waals surface area contributed by atoms with Crippen LogP contribution in [0.15, 0.2) is 0 Å². The molecule has 12 heavy (non-hydrogen) atoms. The summed E-state index contributed by atoms with van der Waals surface area (Å²) in [5, 5.41) is 0. The fraction of sp³-hybridized carbons (Fsp3) is 1.00. The minimum absolute atomic E-state index is 0.829. The number of rotatable bonds is 0. The molecule has 0 amide bonds. The molecule has 1 unspecified atom stereocenters. The van der Waals surface area contributed by atoms with Gasteiger partial charge in [0.25, 0.3) is 0 Å². The van der Waals surface area contributed by atoms with Crippen LogP contribution in [0.4, 0.5) is 0 Å². The summed E-state index contributed by atoms with van der Waals surface area (Å²) in [5.74, 6) is 1.02. The zero-order chi connectivity index (χ0) is 8.44. The van der Waals surface area contributed by atoms with Crippen molar-refractivity contribution in [1.82, 2.24) is 0 Å². The lowest BCUT2D eigenvalue weighted by molar-refractivity contribution is 0.125. The first-order valence-corrected chi connectivity index (χ1v) is 5.81. The van der Waals surface area contributed by atoms with Gasteiger partial charge in [-0.25, -0.2) is 0 Å².